The van der Waals surface area contributed by atoms with E-state index < -0.39 is 23.8 Å². The molecule has 8 nitrogen and oxygen atoms in total. The molecule has 0 aliphatic carbocycles. The van der Waals surface area contributed by atoms with Gasteiger partial charge in [0.1, 0.15) is 11.3 Å². The normalized spacial score (nSPS) is 14.6. The van der Waals surface area contributed by atoms with Crippen molar-refractivity contribution < 1.29 is 23.9 Å². The van der Waals surface area contributed by atoms with Crippen molar-refractivity contribution in [1.82, 2.24) is 5.32 Å². The van der Waals surface area contributed by atoms with Crippen molar-refractivity contribution in [3.63, 3.8) is 0 Å². The van der Waals surface area contributed by atoms with Gasteiger partial charge >= 0.3 is 6.03 Å². The predicted molar refractivity (Wildman–Crippen MR) is 135 cm³/mol. The SMILES string of the molecule is O=C(COc1ccc(Cl)cc1/C=C1\C(=O)NC(=O)N(c2ccc(Br)cc2)C1=O)Nc1ccccc1. The molecule has 35 heavy (non-hydrogen) atoms. The van der Waals surface area contributed by atoms with Crippen LogP contribution >= 0.6 is 27.5 Å². The highest BCUT2D eigenvalue weighted by Crippen LogP contribution is 2.28. The van der Waals surface area contributed by atoms with Crippen molar-refractivity contribution in [3.05, 3.63) is 93.4 Å². The number of urea groups is 1. The largest absolute Gasteiger partial charge is 0.483 e. The zero-order valence-corrected chi connectivity index (χ0v) is 20.3. The van der Waals surface area contributed by atoms with Crippen LogP contribution in [-0.2, 0) is 14.4 Å². The molecule has 5 amide bonds. The molecule has 0 spiro atoms. The van der Waals surface area contributed by atoms with Gasteiger partial charge in [-0.25, -0.2) is 9.69 Å². The Morgan fingerprint density at radius 2 is 1.74 bits per heavy atom. The number of rotatable bonds is 6. The molecular weight excluding hydrogens is 538 g/mol. The number of carbonyl (C=O) groups is 4. The number of hydrogen-bond donors (Lipinski definition) is 2. The Hall–Kier alpha value is -3.95. The molecule has 3 aromatic carbocycles. The van der Waals surface area contributed by atoms with Crippen molar-refractivity contribution in [2.24, 2.45) is 0 Å². The number of carbonyl (C=O) groups excluding carboxylic acids is 4. The second kappa shape index (κ2) is 10.5. The van der Waals surface area contributed by atoms with Crippen LogP contribution in [0.2, 0.25) is 5.02 Å². The van der Waals surface area contributed by atoms with Gasteiger partial charge in [-0.05, 0) is 60.7 Å². The quantitative estimate of drug-likeness (QED) is 0.337. The van der Waals surface area contributed by atoms with E-state index in [4.69, 9.17) is 16.3 Å². The number of ether oxygens (including phenoxy) is 1. The summed E-state index contributed by atoms with van der Waals surface area (Å²) in [5, 5.41) is 5.19. The summed E-state index contributed by atoms with van der Waals surface area (Å²) >= 11 is 9.42. The fraction of sp³-hybridized carbons (Fsp3) is 0.0400. The molecule has 1 aliphatic rings. The molecule has 10 heteroatoms. The van der Waals surface area contributed by atoms with Gasteiger partial charge in [0, 0.05) is 20.7 Å². The summed E-state index contributed by atoms with van der Waals surface area (Å²) in [6.07, 6.45) is 1.27. The fourth-order valence-corrected chi connectivity index (χ4v) is 3.71. The molecule has 3 aromatic rings. The molecule has 2 N–H and O–H groups in total. The lowest BCUT2D eigenvalue weighted by atomic mass is 10.1. The zero-order valence-electron chi connectivity index (χ0n) is 18.0. The lowest BCUT2D eigenvalue weighted by Gasteiger charge is -2.26. The van der Waals surface area contributed by atoms with Gasteiger partial charge in [0.2, 0.25) is 0 Å². The van der Waals surface area contributed by atoms with Crippen molar-refractivity contribution in [2.75, 3.05) is 16.8 Å². The molecule has 1 aliphatic heterocycles. The molecule has 0 radical (unpaired) electrons. The number of anilines is 2. The van der Waals surface area contributed by atoms with Gasteiger partial charge in [0.05, 0.1) is 5.69 Å². The first-order valence-corrected chi connectivity index (χ1v) is 11.4. The summed E-state index contributed by atoms with van der Waals surface area (Å²) in [6, 6.07) is 19.0. The third-order valence-corrected chi connectivity index (χ3v) is 5.64. The topological polar surface area (TPSA) is 105 Å². The number of nitrogens with zero attached hydrogens (tertiary/aromatic N) is 1. The minimum absolute atomic E-state index is 0.220. The van der Waals surface area contributed by atoms with E-state index in [1.165, 1.54) is 18.2 Å². The maximum atomic E-state index is 13.1. The predicted octanol–water partition coefficient (Wildman–Crippen LogP) is 4.79. The van der Waals surface area contributed by atoms with Gasteiger partial charge < -0.3 is 10.1 Å². The number of amides is 5. The Balaban J connectivity index is 1.59. The summed E-state index contributed by atoms with van der Waals surface area (Å²) < 4.78 is 6.40. The van der Waals surface area contributed by atoms with E-state index in [9.17, 15) is 19.2 Å². The zero-order chi connectivity index (χ0) is 24.9. The van der Waals surface area contributed by atoms with E-state index in [0.29, 0.717) is 10.7 Å². The number of imide groups is 2. The molecule has 0 atom stereocenters. The Bertz CT molecular complexity index is 1340. The number of hydrogen-bond acceptors (Lipinski definition) is 5. The van der Waals surface area contributed by atoms with Gasteiger partial charge in [0.15, 0.2) is 6.61 Å². The molecule has 0 bridgehead atoms. The summed E-state index contributed by atoms with van der Waals surface area (Å²) in [5.41, 5.74) is 0.887. The van der Waals surface area contributed by atoms with Crippen LogP contribution in [0.1, 0.15) is 5.56 Å². The Kier molecular flexibility index (Phi) is 7.28. The van der Waals surface area contributed by atoms with Crippen molar-refractivity contribution in [3.8, 4) is 5.75 Å². The van der Waals surface area contributed by atoms with E-state index in [1.807, 2.05) is 6.07 Å². The number of nitrogens with one attached hydrogen (secondary N) is 2. The van der Waals surface area contributed by atoms with Crippen LogP contribution in [0.4, 0.5) is 16.2 Å². The number of barbiturate groups is 1. The molecule has 1 fully saturated rings. The monoisotopic (exact) mass is 553 g/mol. The fourth-order valence-electron chi connectivity index (χ4n) is 3.26. The maximum Gasteiger partial charge on any atom is 0.335 e. The van der Waals surface area contributed by atoms with E-state index in [-0.39, 0.29) is 29.2 Å². The Morgan fingerprint density at radius 1 is 1.03 bits per heavy atom. The smallest absolute Gasteiger partial charge is 0.335 e. The average Bonchev–Trinajstić information content (AvgIpc) is 2.83. The van der Waals surface area contributed by atoms with Gasteiger partial charge in [-0.2, -0.15) is 0 Å². The first kappa shape index (κ1) is 24.2. The van der Waals surface area contributed by atoms with Gasteiger partial charge in [-0.3, -0.25) is 19.7 Å². The van der Waals surface area contributed by atoms with Crippen molar-refractivity contribution in [1.29, 1.82) is 0 Å². The molecular formula is C25H17BrClN3O5. The molecule has 1 saturated heterocycles. The second-order valence-corrected chi connectivity index (χ2v) is 8.67. The van der Waals surface area contributed by atoms with Crippen LogP contribution in [0.25, 0.3) is 6.08 Å². The standard InChI is InChI=1S/C25H17BrClN3O5/c26-16-6-9-19(10-7-16)30-24(33)20(23(32)29-25(30)34)13-15-12-17(27)8-11-21(15)35-14-22(31)28-18-4-2-1-3-5-18/h1-13H,14H2,(H,28,31)(H,29,32,34)/b20-13+. The first-order chi connectivity index (χ1) is 16.8. The number of benzene rings is 3. The molecule has 4 rings (SSSR count). The van der Waals surface area contributed by atoms with E-state index in [2.05, 4.69) is 26.6 Å². The van der Waals surface area contributed by atoms with Crippen LogP contribution in [-0.4, -0.2) is 30.4 Å². The number of para-hydroxylation sites is 1. The van der Waals surface area contributed by atoms with E-state index in [0.717, 1.165) is 9.37 Å². The summed E-state index contributed by atoms with van der Waals surface area (Å²) in [7, 11) is 0. The van der Waals surface area contributed by atoms with Crippen LogP contribution in [0, 0.1) is 0 Å². The van der Waals surface area contributed by atoms with Crippen LogP contribution < -0.4 is 20.3 Å². The highest BCUT2D eigenvalue weighted by molar-refractivity contribution is 9.10. The van der Waals surface area contributed by atoms with E-state index >= 15 is 0 Å². The second-order valence-electron chi connectivity index (χ2n) is 7.32. The van der Waals surface area contributed by atoms with Gasteiger partial charge in [-0.1, -0.05) is 45.7 Å². The molecule has 0 saturated carbocycles. The molecule has 176 valence electrons. The summed E-state index contributed by atoms with van der Waals surface area (Å²) in [6.45, 7) is -0.323. The first-order valence-electron chi connectivity index (χ1n) is 10.3. The highest BCUT2D eigenvalue weighted by atomic mass is 79.9. The van der Waals surface area contributed by atoms with Gasteiger partial charge in [-0.15, -0.1) is 0 Å². The Labute approximate surface area is 213 Å². The highest BCUT2D eigenvalue weighted by Gasteiger charge is 2.37. The van der Waals surface area contributed by atoms with Crippen molar-refractivity contribution in [2.45, 2.75) is 0 Å². The van der Waals surface area contributed by atoms with Crippen LogP contribution in [0.15, 0.2) is 82.8 Å². The average molecular weight is 555 g/mol. The third kappa shape index (κ3) is 5.76. The van der Waals surface area contributed by atoms with Crippen LogP contribution in [0.5, 0.6) is 5.75 Å². The van der Waals surface area contributed by atoms with Crippen molar-refractivity contribution >= 4 is 68.7 Å². The summed E-state index contributed by atoms with van der Waals surface area (Å²) in [5.74, 6) is -1.85. The minimum atomic E-state index is -0.861. The minimum Gasteiger partial charge on any atom is -0.483 e. The lowest BCUT2D eigenvalue weighted by molar-refractivity contribution is -0.122. The molecule has 0 aromatic heterocycles. The lowest BCUT2D eigenvalue weighted by Crippen LogP contribution is -2.54. The summed E-state index contributed by atoms with van der Waals surface area (Å²) in [4.78, 5) is 51.2. The van der Waals surface area contributed by atoms with Crippen LogP contribution in [0.3, 0.4) is 0 Å². The number of halogens is 2. The Morgan fingerprint density at radius 3 is 2.46 bits per heavy atom. The molecule has 1 heterocycles. The van der Waals surface area contributed by atoms with E-state index in [1.54, 1.807) is 54.6 Å². The molecule has 0 unspecified atom stereocenters. The van der Waals surface area contributed by atoms with Gasteiger partial charge in [0.25, 0.3) is 17.7 Å². The third-order valence-electron chi connectivity index (χ3n) is 4.87. The maximum absolute atomic E-state index is 13.1.